The molecule has 0 aromatic heterocycles. The quantitative estimate of drug-likeness (QED) is 0.562. The minimum atomic E-state index is 1.14. The molecule has 0 heteroatoms. The van der Waals surface area contributed by atoms with E-state index < -0.39 is 0 Å². The van der Waals surface area contributed by atoms with Crippen molar-refractivity contribution in [3.8, 4) is 0 Å². The lowest BCUT2D eigenvalue weighted by molar-refractivity contribution is 1.09. The van der Waals surface area contributed by atoms with Gasteiger partial charge in [-0.05, 0) is 18.9 Å². The van der Waals surface area contributed by atoms with Crippen LogP contribution in [0.4, 0.5) is 0 Å². The first kappa shape index (κ1) is 15.4. The van der Waals surface area contributed by atoms with Crippen LogP contribution >= 0.6 is 0 Å². The standard InChI is InChI=1S/C9H12.C3H8.C2H4/c1-3-9-6-4-8(2)5-7-9;1-3-2;1-2/h4-7H,3H2,1-2H3;3H2,1-2H3;1-2H2. The van der Waals surface area contributed by atoms with Crippen LogP contribution in [0.5, 0.6) is 0 Å². The maximum Gasteiger partial charge on any atom is -0.0307 e. The minimum absolute atomic E-state index is 1.14. The molecule has 80 valence electrons. The summed E-state index contributed by atoms with van der Waals surface area (Å²) in [6.07, 6.45) is 2.39. The summed E-state index contributed by atoms with van der Waals surface area (Å²) >= 11 is 0. The van der Waals surface area contributed by atoms with E-state index in [0.29, 0.717) is 0 Å². The van der Waals surface area contributed by atoms with E-state index in [1.54, 1.807) is 0 Å². The Balaban J connectivity index is 0. The van der Waals surface area contributed by atoms with Crippen molar-refractivity contribution in [1.82, 2.24) is 0 Å². The number of hydrogen-bond donors (Lipinski definition) is 0. The van der Waals surface area contributed by atoms with Crippen molar-refractivity contribution < 1.29 is 0 Å². The molecular formula is C14H24. The Morgan fingerprint density at radius 3 is 1.57 bits per heavy atom. The van der Waals surface area contributed by atoms with Gasteiger partial charge in [-0.25, -0.2) is 0 Å². The number of rotatable bonds is 1. The molecule has 0 atom stereocenters. The molecule has 1 aromatic carbocycles. The van der Waals surface area contributed by atoms with E-state index >= 15 is 0 Å². The average Bonchev–Trinajstić information content (AvgIpc) is 2.23. The van der Waals surface area contributed by atoms with Crippen LogP contribution in [0.1, 0.15) is 38.3 Å². The lowest BCUT2D eigenvalue weighted by Crippen LogP contribution is -1.77. The van der Waals surface area contributed by atoms with E-state index in [4.69, 9.17) is 0 Å². The fourth-order valence-electron chi connectivity index (χ4n) is 0.824. The van der Waals surface area contributed by atoms with Gasteiger partial charge >= 0.3 is 0 Å². The molecular weight excluding hydrogens is 168 g/mol. The van der Waals surface area contributed by atoms with Crippen LogP contribution in [0, 0.1) is 6.92 Å². The average molecular weight is 192 g/mol. The van der Waals surface area contributed by atoms with Gasteiger partial charge in [0.1, 0.15) is 0 Å². The van der Waals surface area contributed by atoms with Crippen LogP contribution in [0.3, 0.4) is 0 Å². The molecule has 0 saturated heterocycles. The minimum Gasteiger partial charge on any atom is -0.106 e. The van der Waals surface area contributed by atoms with Gasteiger partial charge in [0.2, 0.25) is 0 Å². The second-order valence-corrected chi connectivity index (χ2v) is 3.05. The van der Waals surface area contributed by atoms with E-state index in [-0.39, 0.29) is 0 Å². The van der Waals surface area contributed by atoms with Gasteiger partial charge < -0.3 is 0 Å². The molecule has 0 aliphatic rings. The summed E-state index contributed by atoms with van der Waals surface area (Å²) < 4.78 is 0. The zero-order valence-corrected chi connectivity index (χ0v) is 10.1. The van der Waals surface area contributed by atoms with Gasteiger partial charge in [-0.15, -0.1) is 13.2 Å². The molecule has 1 aromatic rings. The summed E-state index contributed by atoms with van der Waals surface area (Å²) in [5.74, 6) is 0. The molecule has 0 unspecified atom stereocenters. The molecule has 0 spiro atoms. The van der Waals surface area contributed by atoms with Crippen molar-refractivity contribution in [3.05, 3.63) is 48.6 Å². The number of benzene rings is 1. The first-order valence-corrected chi connectivity index (χ1v) is 5.30. The zero-order valence-electron chi connectivity index (χ0n) is 10.1. The van der Waals surface area contributed by atoms with Gasteiger partial charge in [-0.1, -0.05) is 57.0 Å². The Labute approximate surface area is 89.7 Å². The second kappa shape index (κ2) is 12.0. The number of aryl methyl sites for hydroxylation is 2. The molecule has 0 aliphatic heterocycles. The summed E-state index contributed by atoms with van der Waals surface area (Å²) in [5.41, 5.74) is 2.76. The van der Waals surface area contributed by atoms with Crippen LogP contribution in [-0.4, -0.2) is 0 Å². The molecule has 14 heavy (non-hydrogen) atoms. The lowest BCUT2D eigenvalue weighted by atomic mass is 10.1. The third-order valence-electron chi connectivity index (χ3n) is 1.53. The summed E-state index contributed by atoms with van der Waals surface area (Å²) in [6, 6.07) is 8.66. The zero-order chi connectivity index (χ0) is 11.4. The van der Waals surface area contributed by atoms with Crippen molar-refractivity contribution in [2.45, 2.75) is 40.5 Å². The molecule has 0 aliphatic carbocycles. The largest absolute Gasteiger partial charge is 0.106 e. The molecule has 0 N–H and O–H groups in total. The van der Waals surface area contributed by atoms with E-state index in [2.05, 4.69) is 65.1 Å². The topological polar surface area (TPSA) is 0 Å². The predicted molar refractivity (Wildman–Crippen MR) is 67.8 cm³/mol. The van der Waals surface area contributed by atoms with Crippen molar-refractivity contribution in [1.29, 1.82) is 0 Å². The van der Waals surface area contributed by atoms with Crippen LogP contribution in [0.2, 0.25) is 0 Å². The maximum absolute atomic E-state index is 3.00. The van der Waals surface area contributed by atoms with Gasteiger partial charge in [0, 0.05) is 0 Å². The molecule has 1 rings (SSSR count). The maximum atomic E-state index is 3.00. The first-order chi connectivity index (χ1) is 6.74. The Morgan fingerprint density at radius 1 is 0.929 bits per heavy atom. The van der Waals surface area contributed by atoms with E-state index in [1.165, 1.54) is 17.5 Å². The van der Waals surface area contributed by atoms with E-state index in [1.807, 2.05) is 0 Å². The normalized spacial score (nSPS) is 7.71. The summed E-state index contributed by atoms with van der Waals surface area (Å²) in [6.45, 7) is 14.5. The molecule has 0 fully saturated rings. The van der Waals surface area contributed by atoms with Crippen LogP contribution in [-0.2, 0) is 6.42 Å². The fourth-order valence-corrected chi connectivity index (χ4v) is 0.824. The monoisotopic (exact) mass is 192 g/mol. The van der Waals surface area contributed by atoms with Crippen molar-refractivity contribution in [2.75, 3.05) is 0 Å². The SMILES string of the molecule is C=C.CCC.CCc1ccc(C)cc1. The molecule has 0 amide bonds. The van der Waals surface area contributed by atoms with Gasteiger partial charge in [-0.3, -0.25) is 0 Å². The van der Waals surface area contributed by atoms with Crippen molar-refractivity contribution in [2.24, 2.45) is 0 Å². The Kier molecular flexibility index (Phi) is 13.2. The third kappa shape index (κ3) is 9.05. The van der Waals surface area contributed by atoms with Crippen LogP contribution in [0.25, 0.3) is 0 Å². The lowest BCUT2D eigenvalue weighted by Gasteiger charge is -1.94. The van der Waals surface area contributed by atoms with Gasteiger partial charge in [0.05, 0.1) is 0 Å². The van der Waals surface area contributed by atoms with Gasteiger partial charge in [0.15, 0.2) is 0 Å². The molecule has 0 bridgehead atoms. The highest BCUT2D eigenvalue weighted by Gasteiger charge is 1.84. The van der Waals surface area contributed by atoms with E-state index in [0.717, 1.165) is 6.42 Å². The van der Waals surface area contributed by atoms with Crippen molar-refractivity contribution >= 4 is 0 Å². The Hall–Kier alpha value is -1.04. The Bertz CT molecular complexity index is 196. The highest BCUT2D eigenvalue weighted by Crippen LogP contribution is 2.02. The second-order valence-electron chi connectivity index (χ2n) is 3.05. The Morgan fingerprint density at radius 2 is 1.29 bits per heavy atom. The highest BCUT2D eigenvalue weighted by atomic mass is 13.9. The van der Waals surface area contributed by atoms with E-state index in [9.17, 15) is 0 Å². The number of hydrogen-bond acceptors (Lipinski definition) is 0. The third-order valence-corrected chi connectivity index (χ3v) is 1.53. The van der Waals surface area contributed by atoms with Crippen LogP contribution in [0.15, 0.2) is 37.4 Å². The highest BCUT2D eigenvalue weighted by molar-refractivity contribution is 5.20. The summed E-state index contributed by atoms with van der Waals surface area (Å²) in [5, 5.41) is 0. The van der Waals surface area contributed by atoms with Crippen molar-refractivity contribution in [3.63, 3.8) is 0 Å². The molecule has 0 heterocycles. The molecule has 0 saturated carbocycles. The fraction of sp³-hybridized carbons (Fsp3) is 0.429. The van der Waals surface area contributed by atoms with Crippen LogP contribution < -0.4 is 0 Å². The first-order valence-electron chi connectivity index (χ1n) is 5.30. The van der Waals surface area contributed by atoms with Gasteiger partial charge in [-0.2, -0.15) is 0 Å². The summed E-state index contributed by atoms with van der Waals surface area (Å²) in [4.78, 5) is 0. The summed E-state index contributed by atoms with van der Waals surface area (Å²) in [7, 11) is 0. The molecule has 0 radical (unpaired) electrons. The van der Waals surface area contributed by atoms with Gasteiger partial charge in [0.25, 0.3) is 0 Å². The predicted octanol–water partition coefficient (Wildman–Crippen LogP) is 4.78. The smallest absolute Gasteiger partial charge is 0.0307 e. The molecule has 0 nitrogen and oxygen atoms in total.